The van der Waals surface area contributed by atoms with E-state index in [1.807, 2.05) is 0 Å². The smallest absolute Gasteiger partial charge is 0.354 e. The lowest BCUT2D eigenvalue weighted by atomic mass is 10.1. The number of carboxylic acid groups (broad SMARTS) is 1. The lowest BCUT2D eigenvalue weighted by Gasteiger charge is -2.06. The van der Waals surface area contributed by atoms with Gasteiger partial charge in [-0.2, -0.15) is 0 Å². The van der Waals surface area contributed by atoms with Crippen LogP contribution < -0.4 is 4.74 Å². The second kappa shape index (κ2) is 8.12. The van der Waals surface area contributed by atoms with Gasteiger partial charge >= 0.3 is 11.7 Å². The zero-order valence-electron chi connectivity index (χ0n) is 15.0. The highest BCUT2D eigenvalue weighted by Crippen LogP contribution is 2.39. The summed E-state index contributed by atoms with van der Waals surface area (Å²) in [5.41, 5.74) is -2.94. The Balaban J connectivity index is 2.56. The molecule has 29 heavy (non-hydrogen) atoms. The first-order valence-electron chi connectivity index (χ1n) is 7.74. The van der Waals surface area contributed by atoms with Crippen molar-refractivity contribution in [2.24, 2.45) is 0 Å². The number of ketones is 1. The highest BCUT2D eigenvalue weighted by Gasteiger charge is 2.26. The molecule has 2 aromatic rings. The van der Waals surface area contributed by atoms with E-state index in [2.05, 4.69) is 4.98 Å². The molecular weight excluding hydrogens is 390 g/mol. The fraction of sp³-hybridized carbons (Fsp3) is 0.118. The molecule has 12 heteroatoms. The number of benzene rings is 1. The quantitative estimate of drug-likeness (QED) is 0.301. The van der Waals surface area contributed by atoms with E-state index in [9.17, 15) is 34.9 Å². The molecule has 150 valence electrons. The number of aryl methyl sites for hydroxylation is 1. The highest BCUT2D eigenvalue weighted by atomic mass is 16.6. The second-order valence-corrected chi connectivity index (χ2v) is 5.59. The van der Waals surface area contributed by atoms with E-state index >= 15 is 0 Å². The summed E-state index contributed by atoms with van der Waals surface area (Å²) in [6.45, 7) is 1.29. The molecule has 0 radical (unpaired) electrons. The second-order valence-electron chi connectivity index (χ2n) is 5.59. The molecule has 1 aromatic carbocycles. The van der Waals surface area contributed by atoms with Crippen LogP contribution in [0.15, 0.2) is 24.3 Å². The predicted molar refractivity (Wildman–Crippen MR) is 97.3 cm³/mol. The van der Waals surface area contributed by atoms with Crippen LogP contribution in [0.1, 0.15) is 32.1 Å². The summed E-state index contributed by atoms with van der Waals surface area (Å²) in [6.07, 6.45) is 1.70. The van der Waals surface area contributed by atoms with Gasteiger partial charge in [0.25, 0.3) is 5.69 Å². The molecule has 0 fully saturated rings. The average Bonchev–Trinajstić information content (AvgIpc) is 2.65. The molecule has 0 spiro atoms. The molecule has 2 N–H and O–H groups in total. The van der Waals surface area contributed by atoms with Crippen molar-refractivity contribution in [3.63, 3.8) is 0 Å². The molecule has 0 aliphatic rings. The van der Waals surface area contributed by atoms with Gasteiger partial charge in [-0.25, -0.2) is 9.78 Å². The Morgan fingerprint density at radius 3 is 2.34 bits per heavy atom. The number of allylic oxidation sites excluding steroid dienone is 1. The summed E-state index contributed by atoms with van der Waals surface area (Å²) < 4.78 is 4.79. The Hall–Kier alpha value is -4.35. The lowest BCUT2D eigenvalue weighted by Crippen LogP contribution is -2.12. The minimum atomic E-state index is -1.48. The van der Waals surface area contributed by atoms with Gasteiger partial charge in [0.2, 0.25) is 11.5 Å². The number of aromatic carboxylic acids is 1. The molecule has 1 aromatic heterocycles. The Bertz CT molecular complexity index is 1080. The van der Waals surface area contributed by atoms with E-state index < -0.39 is 50.1 Å². The zero-order chi connectivity index (χ0) is 21.9. The van der Waals surface area contributed by atoms with Gasteiger partial charge in [0, 0.05) is 6.07 Å². The number of phenols is 1. The summed E-state index contributed by atoms with van der Waals surface area (Å²) in [5.74, 6) is -3.46. The van der Waals surface area contributed by atoms with Gasteiger partial charge < -0.3 is 14.9 Å². The topological polar surface area (TPSA) is 183 Å². The van der Waals surface area contributed by atoms with Gasteiger partial charge in [0.1, 0.15) is 0 Å². The first-order chi connectivity index (χ1) is 13.6. The number of rotatable bonds is 7. The van der Waals surface area contributed by atoms with Gasteiger partial charge in [0.15, 0.2) is 17.1 Å². The van der Waals surface area contributed by atoms with Crippen LogP contribution in [0, 0.1) is 27.2 Å². The van der Waals surface area contributed by atoms with E-state index in [4.69, 9.17) is 9.84 Å². The molecule has 0 atom stereocenters. The predicted octanol–water partition coefficient (Wildman–Crippen LogP) is 2.51. The van der Waals surface area contributed by atoms with Crippen LogP contribution >= 0.6 is 0 Å². The lowest BCUT2D eigenvalue weighted by molar-refractivity contribution is -0.386. The summed E-state index contributed by atoms with van der Waals surface area (Å²) >= 11 is 0. The van der Waals surface area contributed by atoms with Gasteiger partial charge in [-0.1, -0.05) is 0 Å². The Morgan fingerprint density at radius 2 is 1.83 bits per heavy atom. The number of nitro benzene ring substituents is 1. The van der Waals surface area contributed by atoms with Gasteiger partial charge in [-0.15, -0.1) is 0 Å². The fourth-order valence-corrected chi connectivity index (χ4v) is 2.45. The maximum absolute atomic E-state index is 12.4. The van der Waals surface area contributed by atoms with Crippen molar-refractivity contribution < 1.29 is 34.4 Å². The molecule has 0 unspecified atom stereocenters. The molecule has 2 rings (SSSR count). The van der Waals surface area contributed by atoms with Crippen LogP contribution in [0.4, 0.5) is 11.4 Å². The van der Waals surface area contributed by atoms with E-state index in [0.29, 0.717) is 0 Å². The molecule has 12 nitrogen and oxygen atoms in total. The molecule has 0 bridgehead atoms. The Morgan fingerprint density at radius 1 is 1.17 bits per heavy atom. The standard InChI is InChI=1S/C17H13N3O9/c1-8-7-10(19(25)26)14(18-13(8)17(23)24)11(21)5-3-9-4-6-12(29-2)16(22)15(9)20(27)28/h3-7,22H,1-2H3,(H,23,24)/b5-3+. The molecule has 1 heterocycles. The van der Waals surface area contributed by atoms with E-state index in [1.54, 1.807) is 0 Å². The van der Waals surface area contributed by atoms with Crippen molar-refractivity contribution in [3.05, 3.63) is 67.0 Å². The number of hydrogen-bond acceptors (Lipinski definition) is 9. The van der Waals surface area contributed by atoms with E-state index in [-0.39, 0.29) is 16.9 Å². The fourth-order valence-electron chi connectivity index (χ4n) is 2.45. The number of ether oxygens (including phenoxy) is 1. The van der Waals surface area contributed by atoms with Crippen LogP contribution in [0.5, 0.6) is 11.5 Å². The number of carboxylic acids is 1. The minimum Gasteiger partial charge on any atom is -0.499 e. The third kappa shape index (κ3) is 4.16. The number of aromatic hydroxyl groups is 1. The monoisotopic (exact) mass is 403 g/mol. The van der Waals surface area contributed by atoms with Gasteiger partial charge in [-0.3, -0.25) is 25.0 Å². The maximum Gasteiger partial charge on any atom is 0.354 e. The molecule has 0 saturated heterocycles. The number of phenolic OH excluding ortho intramolecular Hbond substituents is 1. The van der Waals surface area contributed by atoms with Crippen molar-refractivity contribution in [1.82, 2.24) is 4.98 Å². The van der Waals surface area contributed by atoms with Gasteiger partial charge in [-0.05, 0) is 36.8 Å². The van der Waals surface area contributed by atoms with Crippen LogP contribution in [0.3, 0.4) is 0 Å². The van der Waals surface area contributed by atoms with Crippen LogP contribution in [-0.4, -0.2) is 43.9 Å². The first kappa shape index (κ1) is 21.0. The summed E-state index contributed by atoms with van der Waals surface area (Å²) in [4.78, 5) is 47.8. The number of nitrogens with zero attached hydrogens (tertiary/aromatic N) is 3. The first-order valence-corrected chi connectivity index (χ1v) is 7.74. The SMILES string of the molecule is COc1ccc(/C=C/C(=O)c2nc(C(=O)O)c(C)cc2[N+](=O)[O-])c([N+](=O)[O-])c1O. The minimum absolute atomic E-state index is 0.0135. The zero-order valence-corrected chi connectivity index (χ0v) is 15.0. The largest absolute Gasteiger partial charge is 0.499 e. The molecule has 0 aliphatic carbocycles. The number of aromatic nitrogens is 1. The number of pyridine rings is 1. The van der Waals surface area contributed by atoms with Gasteiger partial charge in [0.05, 0.1) is 22.5 Å². The highest BCUT2D eigenvalue weighted by molar-refractivity contribution is 6.09. The van der Waals surface area contributed by atoms with Crippen molar-refractivity contribution >= 4 is 29.2 Å². The Kier molecular flexibility index (Phi) is 5.87. The molecular formula is C17H13N3O9. The van der Waals surface area contributed by atoms with Crippen LogP contribution in [0.2, 0.25) is 0 Å². The number of carbonyl (C=O) groups is 2. The van der Waals surface area contributed by atoms with E-state index in [1.165, 1.54) is 26.2 Å². The summed E-state index contributed by atoms with van der Waals surface area (Å²) in [6, 6.07) is 3.32. The number of methoxy groups -OCH3 is 1. The van der Waals surface area contributed by atoms with E-state index in [0.717, 1.165) is 18.2 Å². The van der Waals surface area contributed by atoms with Crippen molar-refractivity contribution in [2.45, 2.75) is 6.92 Å². The van der Waals surface area contributed by atoms with Crippen molar-refractivity contribution in [3.8, 4) is 11.5 Å². The summed E-state index contributed by atoms with van der Waals surface area (Å²) in [7, 11) is 1.19. The number of nitro groups is 2. The molecule has 0 aliphatic heterocycles. The van der Waals surface area contributed by atoms with Crippen LogP contribution in [-0.2, 0) is 0 Å². The third-order valence-corrected chi connectivity index (χ3v) is 3.79. The molecule has 0 saturated carbocycles. The average molecular weight is 403 g/mol. The number of carbonyl (C=O) groups excluding carboxylic acids is 1. The van der Waals surface area contributed by atoms with Crippen molar-refractivity contribution in [2.75, 3.05) is 7.11 Å². The maximum atomic E-state index is 12.4. The Labute approximate surface area is 162 Å². The number of hydrogen-bond donors (Lipinski definition) is 2. The van der Waals surface area contributed by atoms with Crippen molar-refractivity contribution in [1.29, 1.82) is 0 Å². The summed E-state index contributed by atoms with van der Waals surface area (Å²) in [5, 5.41) is 41.5. The van der Waals surface area contributed by atoms with Crippen LogP contribution in [0.25, 0.3) is 6.08 Å². The molecule has 0 amide bonds. The normalized spacial score (nSPS) is 10.7. The third-order valence-electron chi connectivity index (χ3n) is 3.79.